The SMILES string of the molecule is COCCC(C)(O)CNS(=O)(=O)c1ccc(C#N)cc1C. The molecule has 0 fully saturated rings. The van der Waals surface area contributed by atoms with Gasteiger partial charge in [-0.05, 0) is 37.6 Å². The van der Waals surface area contributed by atoms with Crippen LogP contribution < -0.4 is 4.72 Å². The van der Waals surface area contributed by atoms with E-state index in [0.717, 1.165) is 0 Å². The van der Waals surface area contributed by atoms with Crippen molar-refractivity contribution < 1.29 is 18.3 Å². The van der Waals surface area contributed by atoms with Gasteiger partial charge in [0.15, 0.2) is 0 Å². The molecule has 0 aliphatic rings. The van der Waals surface area contributed by atoms with Crippen LogP contribution in [0.4, 0.5) is 0 Å². The summed E-state index contributed by atoms with van der Waals surface area (Å²) in [7, 11) is -2.22. The minimum atomic E-state index is -3.73. The summed E-state index contributed by atoms with van der Waals surface area (Å²) in [6, 6.07) is 6.31. The molecule has 1 rings (SSSR count). The first kappa shape index (κ1) is 17.6. The fraction of sp³-hybridized carbons (Fsp3) is 0.500. The summed E-state index contributed by atoms with van der Waals surface area (Å²) < 4.78 is 31.7. The molecule has 0 heterocycles. The summed E-state index contributed by atoms with van der Waals surface area (Å²) in [5, 5.41) is 18.8. The molecule has 2 N–H and O–H groups in total. The van der Waals surface area contributed by atoms with Crippen LogP contribution in [0.3, 0.4) is 0 Å². The monoisotopic (exact) mass is 312 g/mol. The van der Waals surface area contributed by atoms with Crippen molar-refractivity contribution in [3.63, 3.8) is 0 Å². The Balaban J connectivity index is 2.86. The summed E-state index contributed by atoms with van der Waals surface area (Å²) in [6.07, 6.45) is 0.318. The smallest absolute Gasteiger partial charge is 0.240 e. The number of ether oxygens (including phenoxy) is 1. The van der Waals surface area contributed by atoms with E-state index in [0.29, 0.717) is 24.2 Å². The van der Waals surface area contributed by atoms with Crippen molar-refractivity contribution in [1.29, 1.82) is 5.26 Å². The van der Waals surface area contributed by atoms with Gasteiger partial charge in [-0.3, -0.25) is 0 Å². The van der Waals surface area contributed by atoms with Gasteiger partial charge in [0.05, 0.1) is 22.1 Å². The fourth-order valence-corrected chi connectivity index (χ4v) is 3.15. The Morgan fingerprint density at radius 1 is 1.48 bits per heavy atom. The van der Waals surface area contributed by atoms with E-state index < -0.39 is 15.6 Å². The Kier molecular flexibility index (Phi) is 5.87. The summed E-state index contributed by atoms with van der Waals surface area (Å²) in [6.45, 7) is 3.39. The van der Waals surface area contributed by atoms with Gasteiger partial charge >= 0.3 is 0 Å². The quantitative estimate of drug-likeness (QED) is 0.780. The Labute approximate surface area is 125 Å². The summed E-state index contributed by atoms with van der Waals surface area (Å²) >= 11 is 0. The number of hydrogen-bond donors (Lipinski definition) is 2. The lowest BCUT2D eigenvalue weighted by atomic mass is 10.0. The third-order valence-corrected chi connectivity index (χ3v) is 4.64. The van der Waals surface area contributed by atoms with E-state index in [9.17, 15) is 13.5 Å². The lowest BCUT2D eigenvalue weighted by Crippen LogP contribution is -2.41. The van der Waals surface area contributed by atoms with Gasteiger partial charge < -0.3 is 9.84 Å². The second-order valence-electron chi connectivity index (χ2n) is 5.16. The number of benzene rings is 1. The zero-order chi connectivity index (χ0) is 16.1. The average Bonchev–Trinajstić information content (AvgIpc) is 2.43. The van der Waals surface area contributed by atoms with Crippen LogP contribution >= 0.6 is 0 Å². The molecular weight excluding hydrogens is 292 g/mol. The molecule has 0 saturated heterocycles. The molecule has 0 aromatic heterocycles. The van der Waals surface area contributed by atoms with E-state index >= 15 is 0 Å². The molecule has 0 aliphatic heterocycles. The highest BCUT2D eigenvalue weighted by Crippen LogP contribution is 2.17. The molecule has 0 amide bonds. The van der Waals surface area contributed by atoms with Crippen LogP contribution in [-0.4, -0.2) is 39.4 Å². The number of aryl methyl sites for hydroxylation is 1. The molecule has 0 bridgehead atoms. The maximum atomic E-state index is 12.2. The van der Waals surface area contributed by atoms with Gasteiger partial charge in [-0.2, -0.15) is 5.26 Å². The highest BCUT2D eigenvalue weighted by Gasteiger charge is 2.24. The van der Waals surface area contributed by atoms with Crippen molar-refractivity contribution in [3.8, 4) is 6.07 Å². The van der Waals surface area contributed by atoms with Gasteiger partial charge in [-0.25, -0.2) is 13.1 Å². The second-order valence-corrected chi connectivity index (χ2v) is 6.89. The molecule has 1 atom stereocenters. The molecule has 1 unspecified atom stereocenters. The summed E-state index contributed by atoms with van der Waals surface area (Å²) in [4.78, 5) is 0.101. The van der Waals surface area contributed by atoms with Crippen LogP contribution in [0.2, 0.25) is 0 Å². The maximum Gasteiger partial charge on any atom is 0.240 e. The molecular formula is C14H20N2O4S. The predicted octanol–water partition coefficient (Wildman–Crippen LogP) is 0.932. The van der Waals surface area contributed by atoms with Crippen LogP contribution in [-0.2, 0) is 14.8 Å². The molecule has 1 aromatic carbocycles. The van der Waals surface area contributed by atoms with E-state index in [4.69, 9.17) is 10.00 Å². The second kappa shape index (κ2) is 7.00. The van der Waals surface area contributed by atoms with Gasteiger partial charge in [0.1, 0.15) is 0 Å². The number of hydrogen-bond acceptors (Lipinski definition) is 5. The summed E-state index contributed by atoms with van der Waals surface area (Å²) in [5.41, 5.74) is -0.305. The minimum absolute atomic E-state index is 0.101. The van der Waals surface area contributed by atoms with Crippen LogP contribution in [0.5, 0.6) is 0 Å². The molecule has 6 nitrogen and oxygen atoms in total. The highest BCUT2D eigenvalue weighted by atomic mass is 32.2. The third kappa shape index (κ3) is 5.10. The molecule has 116 valence electrons. The number of aliphatic hydroxyl groups is 1. The largest absolute Gasteiger partial charge is 0.389 e. The van der Waals surface area contributed by atoms with E-state index in [1.807, 2.05) is 6.07 Å². The molecule has 0 radical (unpaired) electrons. The first-order valence-electron chi connectivity index (χ1n) is 6.43. The predicted molar refractivity (Wildman–Crippen MR) is 78.2 cm³/mol. The number of nitrogens with zero attached hydrogens (tertiary/aromatic N) is 1. The summed E-state index contributed by atoms with van der Waals surface area (Å²) in [5.74, 6) is 0. The lowest BCUT2D eigenvalue weighted by Gasteiger charge is -2.23. The normalized spacial score (nSPS) is 14.4. The zero-order valence-corrected chi connectivity index (χ0v) is 13.2. The Morgan fingerprint density at radius 3 is 2.67 bits per heavy atom. The number of rotatable bonds is 7. The van der Waals surface area contributed by atoms with Crippen LogP contribution in [0.25, 0.3) is 0 Å². The highest BCUT2D eigenvalue weighted by molar-refractivity contribution is 7.89. The number of nitriles is 1. The molecule has 0 spiro atoms. The third-order valence-electron chi connectivity index (χ3n) is 3.08. The van der Waals surface area contributed by atoms with Crippen molar-refractivity contribution >= 4 is 10.0 Å². The van der Waals surface area contributed by atoms with E-state index in [1.54, 1.807) is 13.8 Å². The Hall–Kier alpha value is -1.46. The molecule has 0 aliphatic carbocycles. The Morgan fingerprint density at radius 2 is 2.14 bits per heavy atom. The molecule has 0 saturated carbocycles. The number of methoxy groups -OCH3 is 1. The van der Waals surface area contributed by atoms with Crippen LogP contribution in [0.15, 0.2) is 23.1 Å². The Bertz CT molecular complexity index is 633. The van der Waals surface area contributed by atoms with E-state index in [2.05, 4.69) is 4.72 Å². The molecule has 7 heteroatoms. The fourth-order valence-electron chi connectivity index (χ4n) is 1.76. The van der Waals surface area contributed by atoms with E-state index in [1.165, 1.54) is 25.3 Å². The van der Waals surface area contributed by atoms with Crippen molar-refractivity contribution in [1.82, 2.24) is 4.72 Å². The van der Waals surface area contributed by atoms with Gasteiger partial charge in [-0.1, -0.05) is 0 Å². The van der Waals surface area contributed by atoms with Gasteiger partial charge in [0.25, 0.3) is 0 Å². The number of nitrogens with one attached hydrogen (secondary N) is 1. The van der Waals surface area contributed by atoms with Crippen LogP contribution in [0.1, 0.15) is 24.5 Å². The van der Waals surface area contributed by atoms with Crippen molar-refractivity contribution in [2.45, 2.75) is 30.8 Å². The van der Waals surface area contributed by atoms with Crippen molar-refractivity contribution in [2.75, 3.05) is 20.3 Å². The lowest BCUT2D eigenvalue weighted by molar-refractivity contribution is 0.0292. The van der Waals surface area contributed by atoms with E-state index in [-0.39, 0.29) is 11.4 Å². The molecule has 1 aromatic rings. The minimum Gasteiger partial charge on any atom is -0.389 e. The standard InChI is InChI=1S/C14H20N2O4S/c1-11-8-12(9-15)4-5-13(11)21(18,19)16-10-14(2,17)6-7-20-3/h4-5,8,16-17H,6-7,10H2,1-3H3. The average molecular weight is 312 g/mol. The topological polar surface area (TPSA) is 99.4 Å². The van der Waals surface area contributed by atoms with Gasteiger partial charge in [-0.15, -0.1) is 0 Å². The van der Waals surface area contributed by atoms with Crippen molar-refractivity contribution in [2.24, 2.45) is 0 Å². The van der Waals surface area contributed by atoms with Gasteiger partial charge in [0.2, 0.25) is 10.0 Å². The first-order chi connectivity index (χ1) is 9.72. The zero-order valence-electron chi connectivity index (χ0n) is 12.4. The van der Waals surface area contributed by atoms with Crippen LogP contribution in [0, 0.1) is 18.3 Å². The first-order valence-corrected chi connectivity index (χ1v) is 7.92. The maximum absolute atomic E-state index is 12.2. The van der Waals surface area contributed by atoms with Crippen molar-refractivity contribution in [3.05, 3.63) is 29.3 Å². The number of sulfonamides is 1. The molecule has 21 heavy (non-hydrogen) atoms. The van der Waals surface area contributed by atoms with Gasteiger partial charge in [0, 0.05) is 26.7 Å².